The van der Waals surface area contributed by atoms with E-state index in [-0.39, 0.29) is 5.04 Å². The van der Waals surface area contributed by atoms with Gasteiger partial charge in [-0.1, -0.05) is 57.2 Å². The summed E-state index contributed by atoms with van der Waals surface area (Å²) in [7, 11) is -1.77. The molecule has 2 rings (SSSR count). The lowest BCUT2D eigenvalue weighted by Gasteiger charge is -2.36. The summed E-state index contributed by atoms with van der Waals surface area (Å²) in [5.41, 5.74) is 4.44. The van der Waals surface area contributed by atoms with Gasteiger partial charge < -0.3 is 4.43 Å². The Hall–Kier alpha value is -1.45. The van der Waals surface area contributed by atoms with Gasteiger partial charge in [0.15, 0.2) is 8.32 Å². The summed E-state index contributed by atoms with van der Waals surface area (Å²) in [6.07, 6.45) is 0. The number of benzene rings is 1. The highest BCUT2D eigenvalue weighted by Crippen LogP contribution is 2.37. The SMILES string of the molecule is Cc1ccc(-c2ccccc2)c(CO[Si](C)(C)C(C)(C)C)n1. The predicted molar refractivity (Wildman–Crippen MR) is 96.4 cm³/mol. The molecule has 0 saturated heterocycles. The van der Waals surface area contributed by atoms with Crippen LogP contribution in [0.4, 0.5) is 0 Å². The fraction of sp³-hybridized carbons (Fsp3) is 0.421. The number of rotatable bonds is 4. The molecule has 0 aliphatic rings. The van der Waals surface area contributed by atoms with Crippen LogP contribution in [0.15, 0.2) is 42.5 Å². The van der Waals surface area contributed by atoms with Gasteiger partial charge in [0, 0.05) is 11.3 Å². The van der Waals surface area contributed by atoms with E-state index in [4.69, 9.17) is 9.41 Å². The molecule has 0 atom stereocenters. The second-order valence-corrected chi connectivity index (χ2v) is 12.2. The molecule has 0 radical (unpaired) electrons. The van der Waals surface area contributed by atoms with E-state index in [0.29, 0.717) is 6.61 Å². The van der Waals surface area contributed by atoms with Crippen molar-refractivity contribution in [2.75, 3.05) is 0 Å². The van der Waals surface area contributed by atoms with Gasteiger partial charge in [0.2, 0.25) is 0 Å². The van der Waals surface area contributed by atoms with Gasteiger partial charge in [-0.15, -0.1) is 0 Å². The highest BCUT2D eigenvalue weighted by Gasteiger charge is 2.37. The van der Waals surface area contributed by atoms with E-state index in [9.17, 15) is 0 Å². The van der Waals surface area contributed by atoms with Crippen molar-refractivity contribution < 1.29 is 4.43 Å². The van der Waals surface area contributed by atoms with Crippen LogP contribution in [-0.4, -0.2) is 13.3 Å². The topological polar surface area (TPSA) is 22.1 Å². The molecule has 1 heterocycles. The molecule has 0 saturated carbocycles. The zero-order chi connectivity index (χ0) is 16.4. The molecule has 0 N–H and O–H groups in total. The van der Waals surface area contributed by atoms with Crippen molar-refractivity contribution in [1.82, 2.24) is 4.98 Å². The van der Waals surface area contributed by atoms with Crippen LogP contribution in [0.25, 0.3) is 11.1 Å². The fourth-order valence-electron chi connectivity index (χ4n) is 2.07. The van der Waals surface area contributed by atoms with Crippen LogP contribution in [0.2, 0.25) is 18.1 Å². The van der Waals surface area contributed by atoms with Gasteiger partial charge in [0.1, 0.15) is 0 Å². The Bertz CT molecular complexity index is 630. The minimum absolute atomic E-state index is 0.212. The van der Waals surface area contributed by atoms with Crippen molar-refractivity contribution in [3.05, 3.63) is 53.9 Å². The molecule has 0 unspecified atom stereocenters. The molecular weight excluding hydrogens is 286 g/mol. The molecule has 1 aromatic heterocycles. The van der Waals surface area contributed by atoms with Crippen molar-refractivity contribution in [2.24, 2.45) is 0 Å². The standard InChI is InChI=1S/C19H27NOSi/c1-15-12-13-17(16-10-8-7-9-11-16)18(20-15)14-21-22(5,6)19(2,3)4/h7-13H,14H2,1-6H3. The predicted octanol–water partition coefficient (Wildman–Crippen LogP) is 5.58. The van der Waals surface area contributed by atoms with Crippen molar-refractivity contribution >= 4 is 8.32 Å². The van der Waals surface area contributed by atoms with Gasteiger partial charge in [0.05, 0.1) is 12.3 Å². The van der Waals surface area contributed by atoms with Gasteiger partial charge in [-0.05, 0) is 36.7 Å². The van der Waals surface area contributed by atoms with Gasteiger partial charge in [-0.3, -0.25) is 4.98 Å². The summed E-state index contributed by atoms with van der Waals surface area (Å²) in [6, 6.07) is 14.6. The Morgan fingerprint density at radius 1 is 1.00 bits per heavy atom. The summed E-state index contributed by atoms with van der Waals surface area (Å²) in [5.74, 6) is 0. The third kappa shape index (κ3) is 3.84. The van der Waals surface area contributed by atoms with Crippen molar-refractivity contribution in [3.8, 4) is 11.1 Å². The van der Waals surface area contributed by atoms with Crippen LogP contribution < -0.4 is 0 Å². The lowest BCUT2D eigenvalue weighted by Crippen LogP contribution is -2.40. The Morgan fingerprint density at radius 3 is 2.23 bits per heavy atom. The van der Waals surface area contributed by atoms with E-state index in [1.807, 2.05) is 13.0 Å². The van der Waals surface area contributed by atoms with Gasteiger partial charge in [-0.25, -0.2) is 0 Å². The highest BCUT2D eigenvalue weighted by molar-refractivity contribution is 6.74. The normalized spacial score (nSPS) is 12.5. The molecule has 118 valence electrons. The number of nitrogens with zero attached hydrogens (tertiary/aromatic N) is 1. The monoisotopic (exact) mass is 313 g/mol. The molecule has 0 spiro atoms. The Labute approximate surface area is 135 Å². The first kappa shape index (κ1) is 16.9. The molecule has 1 aromatic carbocycles. The first-order valence-electron chi connectivity index (χ1n) is 7.86. The second kappa shape index (κ2) is 6.35. The van der Waals surface area contributed by atoms with Crippen molar-refractivity contribution in [3.63, 3.8) is 0 Å². The number of aryl methyl sites for hydroxylation is 1. The largest absolute Gasteiger partial charge is 0.411 e. The van der Waals surface area contributed by atoms with E-state index >= 15 is 0 Å². The van der Waals surface area contributed by atoms with Crippen LogP contribution in [0.1, 0.15) is 32.2 Å². The van der Waals surface area contributed by atoms with Crippen LogP contribution in [0.3, 0.4) is 0 Å². The summed E-state index contributed by atoms with van der Waals surface area (Å²) in [6.45, 7) is 14.0. The first-order valence-corrected chi connectivity index (χ1v) is 10.8. The van der Waals surface area contributed by atoms with Crippen molar-refractivity contribution in [2.45, 2.75) is 52.4 Å². The summed E-state index contributed by atoms with van der Waals surface area (Å²) >= 11 is 0. The van der Waals surface area contributed by atoms with Crippen LogP contribution in [-0.2, 0) is 11.0 Å². The molecule has 0 amide bonds. The molecule has 0 aliphatic carbocycles. The lowest BCUT2D eigenvalue weighted by atomic mass is 10.0. The van der Waals surface area contributed by atoms with Crippen LogP contribution >= 0.6 is 0 Å². The molecular formula is C19H27NOSi. The number of pyridine rings is 1. The minimum Gasteiger partial charge on any atom is -0.411 e. The van der Waals surface area contributed by atoms with E-state index in [0.717, 1.165) is 11.4 Å². The van der Waals surface area contributed by atoms with E-state index in [1.54, 1.807) is 0 Å². The van der Waals surface area contributed by atoms with E-state index < -0.39 is 8.32 Å². The van der Waals surface area contributed by atoms with E-state index in [1.165, 1.54) is 11.1 Å². The fourth-order valence-corrected chi connectivity index (χ4v) is 3.00. The average molecular weight is 314 g/mol. The van der Waals surface area contributed by atoms with Crippen molar-refractivity contribution in [1.29, 1.82) is 0 Å². The Kier molecular flexibility index (Phi) is 4.88. The maximum atomic E-state index is 6.37. The Balaban J connectivity index is 2.30. The third-order valence-electron chi connectivity index (χ3n) is 4.57. The summed E-state index contributed by atoms with van der Waals surface area (Å²) in [5, 5.41) is 0.212. The molecule has 3 heteroatoms. The number of hydrogen-bond acceptors (Lipinski definition) is 2. The lowest BCUT2D eigenvalue weighted by molar-refractivity contribution is 0.272. The molecule has 22 heavy (non-hydrogen) atoms. The maximum absolute atomic E-state index is 6.37. The van der Waals surface area contributed by atoms with Gasteiger partial charge in [0.25, 0.3) is 0 Å². The zero-order valence-electron chi connectivity index (χ0n) is 14.6. The van der Waals surface area contributed by atoms with Gasteiger partial charge >= 0.3 is 0 Å². The maximum Gasteiger partial charge on any atom is 0.192 e. The quantitative estimate of drug-likeness (QED) is 0.687. The summed E-state index contributed by atoms with van der Waals surface area (Å²) in [4.78, 5) is 4.73. The molecule has 0 fully saturated rings. The third-order valence-corrected chi connectivity index (χ3v) is 9.05. The smallest absolute Gasteiger partial charge is 0.192 e. The molecule has 2 aromatic rings. The highest BCUT2D eigenvalue weighted by atomic mass is 28.4. The Morgan fingerprint density at radius 2 is 1.64 bits per heavy atom. The summed E-state index contributed by atoms with van der Waals surface area (Å²) < 4.78 is 6.37. The van der Waals surface area contributed by atoms with Crippen LogP contribution in [0, 0.1) is 6.92 Å². The first-order chi connectivity index (χ1) is 10.2. The minimum atomic E-state index is -1.77. The second-order valence-electron chi connectivity index (χ2n) is 7.36. The molecule has 0 bridgehead atoms. The number of aromatic nitrogens is 1. The number of hydrogen-bond donors (Lipinski definition) is 0. The zero-order valence-corrected chi connectivity index (χ0v) is 15.6. The molecule has 0 aliphatic heterocycles. The molecule has 2 nitrogen and oxygen atoms in total. The van der Waals surface area contributed by atoms with E-state index in [2.05, 4.69) is 70.3 Å². The van der Waals surface area contributed by atoms with Crippen LogP contribution in [0.5, 0.6) is 0 Å². The van der Waals surface area contributed by atoms with Gasteiger partial charge in [-0.2, -0.15) is 0 Å². The average Bonchev–Trinajstić information content (AvgIpc) is 2.45.